The van der Waals surface area contributed by atoms with Gasteiger partial charge in [0.15, 0.2) is 11.3 Å². The lowest BCUT2D eigenvalue weighted by molar-refractivity contribution is 0.102. The average molecular weight is 351 g/mol. The van der Waals surface area contributed by atoms with Gasteiger partial charge < -0.3 is 19.4 Å². The zero-order chi connectivity index (χ0) is 17.9. The van der Waals surface area contributed by atoms with E-state index >= 15 is 0 Å². The number of hydrogen-bond donors (Lipinski definition) is 1. The molecule has 132 valence electrons. The number of fused-ring (bicyclic) bond motifs is 1. The van der Waals surface area contributed by atoms with Crippen LogP contribution in [0.4, 0.5) is 11.6 Å². The number of aromatic nitrogens is 1. The Labute approximate surface area is 149 Å². The minimum atomic E-state index is -0.285. The Balaban J connectivity index is 1.62. The smallest absolute Gasteiger partial charge is 0.257 e. The van der Waals surface area contributed by atoms with Gasteiger partial charge in [-0.05, 0) is 30.3 Å². The normalized spacial score (nSPS) is 14.4. The summed E-state index contributed by atoms with van der Waals surface area (Å²) in [5.41, 5.74) is 1.31. The fourth-order valence-corrected chi connectivity index (χ4v) is 2.86. The van der Waals surface area contributed by atoms with E-state index in [2.05, 4.69) is 10.3 Å². The molecule has 4 rings (SSSR count). The molecule has 0 unspecified atom stereocenters. The van der Waals surface area contributed by atoms with Crippen LogP contribution in [-0.4, -0.2) is 37.2 Å². The number of pyridine rings is 1. The molecular formula is C19H17N3O4. The van der Waals surface area contributed by atoms with E-state index in [1.54, 1.807) is 36.5 Å². The van der Waals surface area contributed by atoms with Crippen molar-refractivity contribution in [1.82, 2.24) is 4.98 Å². The number of nitrogens with zero attached hydrogens (tertiary/aromatic N) is 2. The molecule has 3 heterocycles. The molecule has 7 nitrogen and oxygen atoms in total. The summed E-state index contributed by atoms with van der Waals surface area (Å²) < 4.78 is 11.2. The van der Waals surface area contributed by atoms with Crippen LogP contribution in [0.15, 0.2) is 58.0 Å². The molecular weight excluding hydrogens is 334 g/mol. The Kier molecular flexibility index (Phi) is 4.37. The topological polar surface area (TPSA) is 84.7 Å². The van der Waals surface area contributed by atoms with E-state index in [9.17, 15) is 9.59 Å². The predicted octanol–water partition coefficient (Wildman–Crippen LogP) is 2.28. The van der Waals surface area contributed by atoms with Crippen LogP contribution in [0.3, 0.4) is 0 Å². The summed E-state index contributed by atoms with van der Waals surface area (Å²) in [6, 6.07) is 9.88. The quantitative estimate of drug-likeness (QED) is 0.779. The molecule has 0 aliphatic carbocycles. The highest BCUT2D eigenvalue weighted by atomic mass is 16.5. The van der Waals surface area contributed by atoms with Gasteiger partial charge in [-0.15, -0.1) is 0 Å². The third-order valence-corrected chi connectivity index (χ3v) is 4.22. The number of anilines is 2. The molecule has 0 radical (unpaired) electrons. The Morgan fingerprint density at radius 3 is 2.77 bits per heavy atom. The van der Waals surface area contributed by atoms with Gasteiger partial charge in [-0.1, -0.05) is 0 Å². The van der Waals surface area contributed by atoms with Gasteiger partial charge in [-0.25, -0.2) is 0 Å². The lowest BCUT2D eigenvalue weighted by Crippen LogP contribution is -2.36. The summed E-state index contributed by atoms with van der Waals surface area (Å²) in [4.78, 5) is 30.6. The zero-order valence-corrected chi connectivity index (χ0v) is 14.0. The van der Waals surface area contributed by atoms with Gasteiger partial charge in [-0.3, -0.25) is 14.6 Å². The molecule has 1 aromatic carbocycles. The number of benzene rings is 1. The van der Waals surface area contributed by atoms with Crippen LogP contribution >= 0.6 is 0 Å². The molecule has 1 aliphatic heterocycles. The SMILES string of the molecule is O=C(Nc1ccc2oc(N3CCOCC3)cc(=O)c2c1)c1cccnc1. The second-order valence-electron chi connectivity index (χ2n) is 5.96. The van der Waals surface area contributed by atoms with Crippen LogP contribution in [0, 0.1) is 0 Å². The molecule has 26 heavy (non-hydrogen) atoms. The van der Waals surface area contributed by atoms with Crippen LogP contribution < -0.4 is 15.6 Å². The number of ether oxygens (including phenoxy) is 1. The van der Waals surface area contributed by atoms with Crippen LogP contribution in [0.5, 0.6) is 0 Å². The number of amides is 1. The van der Waals surface area contributed by atoms with Gasteiger partial charge in [0, 0.05) is 37.2 Å². The summed E-state index contributed by atoms with van der Waals surface area (Å²) in [6.07, 6.45) is 3.09. The van der Waals surface area contributed by atoms with Gasteiger partial charge in [0.05, 0.1) is 24.2 Å². The Hall–Kier alpha value is -3.19. The molecule has 1 aliphatic rings. The third kappa shape index (κ3) is 3.29. The van der Waals surface area contributed by atoms with Crippen LogP contribution in [0.1, 0.15) is 10.4 Å². The van der Waals surface area contributed by atoms with Crippen molar-refractivity contribution >= 4 is 28.4 Å². The van der Waals surface area contributed by atoms with Crippen molar-refractivity contribution in [3.8, 4) is 0 Å². The second kappa shape index (κ2) is 6.97. The zero-order valence-electron chi connectivity index (χ0n) is 14.0. The van der Waals surface area contributed by atoms with E-state index < -0.39 is 0 Å². The third-order valence-electron chi connectivity index (χ3n) is 4.22. The molecule has 2 aromatic heterocycles. The average Bonchev–Trinajstić information content (AvgIpc) is 2.69. The lowest BCUT2D eigenvalue weighted by atomic mass is 10.2. The Morgan fingerprint density at radius 2 is 2.00 bits per heavy atom. The van der Waals surface area contributed by atoms with E-state index in [4.69, 9.17) is 9.15 Å². The van der Waals surface area contributed by atoms with Crippen molar-refractivity contribution in [2.45, 2.75) is 0 Å². The summed E-state index contributed by atoms with van der Waals surface area (Å²) in [5, 5.41) is 3.19. The Morgan fingerprint density at radius 1 is 1.15 bits per heavy atom. The first-order valence-corrected chi connectivity index (χ1v) is 8.33. The van der Waals surface area contributed by atoms with Gasteiger partial charge in [0.2, 0.25) is 0 Å². The van der Waals surface area contributed by atoms with Crippen molar-refractivity contribution in [3.63, 3.8) is 0 Å². The fraction of sp³-hybridized carbons (Fsp3) is 0.211. The summed E-state index contributed by atoms with van der Waals surface area (Å²) >= 11 is 0. The van der Waals surface area contributed by atoms with E-state index in [1.807, 2.05) is 4.90 Å². The predicted molar refractivity (Wildman–Crippen MR) is 97.7 cm³/mol. The number of carbonyl (C=O) groups is 1. The molecule has 1 amide bonds. The minimum absolute atomic E-state index is 0.148. The van der Waals surface area contributed by atoms with E-state index in [0.29, 0.717) is 54.4 Å². The first kappa shape index (κ1) is 16.3. The van der Waals surface area contributed by atoms with Crippen molar-refractivity contribution in [1.29, 1.82) is 0 Å². The number of carbonyl (C=O) groups excluding carboxylic acids is 1. The summed E-state index contributed by atoms with van der Waals surface area (Å²) in [5.74, 6) is 0.254. The standard InChI is InChI=1S/C19H17N3O4/c23-16-11-18(22-6-8-25-9-7-22)26-17-4-3-14(10-15(16)17)21-19(24)13-2-1-5-20-12-13/h1-5,10-12H,6-9H2,(H,21,24). The van der Waals surface area contributed by atoms with Gasteiger partial charge in [0.1, 0.15) is 5.58 Å². The molecule has 1 N–H and O–H groups in total. The van der Waals surface area contributed by atoms with Gasteiger partial charge in [-0.2, -0.15) is 0 Å². The highest BCUT2D eigenvalue weighted by Crippen LogP contribution is 2.23. The lowest BCUT2D eigenvalue weighted by Gasteiger charge is -2.27. The van der Waals surface area contributed by atoms with Crippen molar-refractivity contribution in [3.05, 3.63) is 64.6 Å². The highest BCUT2D eigenvalue weighted by molar-refractivity contribution is 6.04. The minimum Gasteiger partial charge on any atom is -0.440 e. The molecule has 1 saturated heterocycles. The second-order valence-corrected chi connectivity index (χ2v) is 5.96. The van der Waals surface area contributed by atoms with Crippen LogP contribution in [0.25, 0.3) is 11.0 Å². The van der Waals surface area contributed by atoms with Gasteiger partial charge >= 0.3 is 0 Å². The molecule has 7 heteroatoms. The number of morpholine rings is 1. The highest BCUT2D eigenvalue weighted by Gasteiger charge is 2.16. The molecule has 0 saturated carbocycles. The number of rotatable bonds is 3. The van der Waals surface area contributed by atoms with E-state index in [-0.39, 0.29) is 11.3 Å². The first-order chi connectivity index (χ1) is 12.7. The van der Waals surface area contributed by atoms with Crippen LogP contribution in [-0.2, 0) is 4.74 Å². The number of nitrogens with one attached hydrogen (secondary N) is 1. The van der Waals surface area contributed by atoms with Crippen LogP contribution in [0.2, 0.25) is 0 Å². The largest absolute Gasteiger partial charge is 0.440 e. The molecule has 0 spiro atoms. The summed E-state index contributed by atoms with van der Waals surface area (Å²) in [7, 11) is 0. The van der Waals surface area contributed by atoms with E-state index in [1.165, 1.54) is 12.3 Å². The van der Waals surface area contributed by atoms with E-state index in [0.717, 1.165) is 0 Å². The van der Waals surface area contributed by atoms with Crippen molar-refractivity contribution in [2.75, 3.05) is 36.5 Å². The molecule has 1 fully saturated rings. The maximum atomic E-state index is 12.5. The summed E-state index contributed by atoms with van der Waals surface area (Å²) in [6.45, 7) is 2.60. The Bertz CT molecular complexity index is 995. The van der Waals surface area contributed by atoms with Crippen molar-refractivity contribution < 1.29 is 13.9 Å². The maximum Gasteiger partial charge on any atom is 0.257 e. The molecule has 0 atom stereocenters. The number of hydrogen-bond acceptors (Lipinski definition) is 6. The maximum absolute atomic E-state index is 12.5. The fourth-order valence-electron chi connectivity index (χ4n) is 2.86. The van der Waals surface area contributed by atoms with Crippen molar-refractivity contribution in [2.24, 2.45) is 0 Å². The molecule has 3 aromatic rings. The first-order valence-electron chi connectivity index (χ1n) is 8.33. The van der Waals surface area contributed by atoms with Gasteiger partial charge in [0.25, 0.3) is 5.91 Å². The monoisotopic (exact) mass is 351 g/mol. The molecule has 0 bridgehead atoms.